The molecular formula is C18H36N2O. The fourth-order valence-corrected chi connectivity index (χ4v) is 4.43. The second-order valence-electron chi connectivity index (χ2n) is 7.54. The van der Waals surface area contributed by atoms with Gasteiger partial charge in [-0.05, 0) is 50.5 Å². The minimum atomic E-state index is 0.227. The number of rotatable bonds is 6. The van der Waals surface area contributed by atoms with Gasteiger partial charge in [-0.25, -0.2) is 0 Å². The first-order valence-electron chi connectivity index (χ1n) is 9.18. The van der Waals surface area contributed by atoms with Crippen molar-refractivity contribution < 1.29 is 4.74 Å². The number of likely N-dealkylation sites (N-methyl/N-ethyl adjacent to an activating group) is 1. The largest absolute Gasteiger partial charge is 0.377 e. The van der Waals surface area contributed by atoms with Crippen LogP contribution in [0.15, 0.2) is 0 Å². The van der Waals surface area contributed by atoms with Crippen molar-refractivity contribution in [2.45, 2.75) is 77.4 Å². The Balaban J connectivity index is 2.03. The molecule has 2 N–H and O–H groups in total. The summed E-state index contributed by atoms with van der Waals surface area (Å²) in [4.78, 5) is 2.66. The van der Waals surface area contributed by atoms with Crippen LogP contribution in [0.5, 0.6) is 0 Å². The number of nitrogens with zero attached hydrogens (tertiary/aromatic N) is 1. The van der Waals surface area contributed by atoms with Gasteiger partial charge in [-0.2, -0.15) is 0 Å². The summed E-state index contributed by atoms with van der Waals surface area (Å²) in [7, 11) is 0. The van der Waals surface area contributed by atoms with E-state index in [0.717, 1.165) is 38.1 Å². The van der Waals surface area contributed by atoms with Crippen LogP contribution in [0.3, 0.4) is 0 Å². The van der Waals surface area contributed by atoms with Gasteiger partial charge in [0.1, 0.15) is 0 Å². The van der Waals surface area contributed by atoms with Crippen LogP contribution in [-0.4, -0.2) is 42.8 Å². The molecule has 0 aromatic rings. The molecule has 2 rings (SSSR count). The molecule has 1 aliphatic heterocycles. The van der Waals surface area contributed by atoms with E-state index in [-0.39, 0.29) is 5.54 Å². The molecule has 1 heterocycles. The van der Waals surface area contributed by atoms with Crippen molar-refractivity contribution in [3.63, 3.8) is 0 Å². The standard InChI is InChI=1S/C18H36N2O/c1-4-20(13-17-8-6-12-21-17)18(14-19)10-5-7-16(9-11-18)15(2)3/h15-17H,4-14,19H2,1-3H3. The molecule has 3 atom stereocenters. The SMILES string of the molecule is CCN(CC1CCCO1)C1(CN)CCCC(C(C)C)CC1. The Kier molecular flexibility index (Phi) is 6.51. The third-order valence-electron chi connectivity index (χ3n) is 6.02. The zero-order chi connectivity index (χ0) is 15.3. The van der Waals surface area contributed by atoms with Crippen molar-refractivity contribution in [3.05, 3.63) is 0 Å². The first-order chi connectivity index (χ1) is 10.1. The lowest BCUT2D eigenvalue weighted by atomic mass is 9.85. The Bertz CT molecular complexity index is 302. The lowest BCUT2D eigenvalue weighted by Gasteiger charge is -2.44. The summed E-state index contributed by atoms with van der Waals surface area (Å²) in [5.41, 5.74) is 6.52. The van der Waals surface area contributed by atoms with Crippen LogP contribution < -0.4 is 5.73 Å². The average molecular weight is 296 g/mol. The Morgan fingerprint density at radius 3 is 2.57 bits per heavy atom. The predicted octanol–water partition coefficient (Wildman–Crippen LogP) is 3.42. The summed E-state index contributed by atoms with van der Waals surface area (Å²) in [6, 6.07) is 0. The van der Waals surface area contributed by atoms with Crippen LogP contribution in [0, 0.1) is 11.8 Å². The molecule has 3 heteroatoms. The molecule has 21 heavy (non-hydrogen) atoms. The van der Waals surface area contributed by atoms with Crippen molar-refractivity contribution in [1.29, 1.82) is 0 Å². The van der Waals surface area contributed by atoms with Crippen LogP contribution in [0.2, 0.25) is 0 Å². The Hall–Kier alpha value is -0.120. The number of ether oxygens (including phenoxy) is 1. The minimum absolute atomic E-state index is 0.227. The van der Waals surface area contributed by atoms with Crippen LogP contribution in [-0.2, 0) is 4.74 Å². The van der Waals surface area contributed by atoms with E-state index in [9.17, 15) is 0 Å². The van der Waals surface area contributed by atoms with E-state index in [1.54, 1.807) is 0 Å². The van der Waals surface area contributed by atoms with Crippen molar-refractivity contribution in [1.82, 2.24) is 4.90 Å². The van der Waals surface area contributed by atoms with E-state index in [4.69, 9.17) is 10.5 Å². The van der Waals surface area contributed by atoms with Crippen molar-refractivity contribution >= 4 is 0 Å². The maximum atomic E-state index is 6.30. The first kappa shape index (κ1) is 17.2. The maximum absolute atomic E-state index is 6.30. The molecule has 3 nitrogen and oxygen atoms in total. The van der Waals surface area contributed by atoms with E-state index in [2.05, 4.69) is 25.7 Å². The summed E-state index contributed by atoms with van der Waals surface area (Å²) in [5.74, 6) is 1.70. The van der Waals surface area contributed by atoms with Crippen LogP contribution in [0.1, 0.15) is 65.7 Å². The maximum Gasteiger partial charge on any atom is 0.0703 e. The van der Waals surface area contributed by atoms with Gasteiger partial charge in [0.2, 0.25) is 0 Å². The molecule has 0 aromatic carbocycles. The summed E-state index contributed by atoms with van der Waals surface area (Å²) < 4.78 is 5.87. The topological polar surface area (TPSA) is 38.5 Å². The van der Waals surface area contributed by atoms with E-state index in [1.165, 1.54) is 44.9 Å². The molecule has 1 saturated heterocycles. The van der Waals surface area contributed by atoms with Crippen molar-refractivity contribution in [2.75, 3.05) is 26.2 Å². The summed E-state index contributed by atoms with van der Waals surface area (Å²) in [6.45, 7) is 11.0. The lowest BCUT2D eigenvalue weighted by Crippen LogP contribution is -2.55. The number of nitrogens with two attached hydrogens (primary N) is 1. The molecule has 2 fully saturated rings. The van der Waals surface area contributed by atoms with Crippen LogP contribution in [0.25, 0.3) is 0 Å². The summed E-state index contributed by atoms with van der Waals surface area (Å²) in [6.07, 6.45) is 9.51. The third kappa shape index (κ3) is 4.20. The molecule has 0 radical (unpaired) electrons. The second kappa shape index (κ2) is 7.94. The smallest absolute Gasteiger partial charge is 0.0703 e. The zero-order valence-corrected chi connectivity index (χ0v) is 14.4. The highest BCUT2D eigenvalue weighted by Gasteiger charge is 2.38. The highest BCUT2D eigenvalue weighted by molar-refractivity contribution is 4.95. The summed E-state index contributed by atoms with van der Waals surface area (Å²) >= 11 is 0. The highest BCUT2D eigenvalue weighted by atomic mass is 16.5. The second-order valence-corrected chi connectivity index (χ2v) is 7.54. The third-order valence-corrected chi connectivity index (χ3v) is 6.02. The van der Waals surface area contributed by atoms with Gasteiger partial charge < -0.3 is 10.5 Å². The monoisotopic (exact) mass is 296 g/mol. The fraction of sp³-hybridized carbons (Fsp3) is 1.00. The van der Waals surface area contributed by atoms with E-state index >= 15 is 0 Å². The molecule has 2 aliphatic rings. The van der Waals surface area contributed by atoms with Gasteiger partial charge in [0.25, 0.3) is 0 Å². The van der Waals surface area contributed by atoms with Gasteiger partial charge in [-0.3, -0.25) is 4.90 Å². The Morgan fingerprint density at radius 1 is 1.19 bits per heavy atom. The molecule has 0 amide bonds. The van der Waals surface area contributed by atoms with E-state index in [1.807, 2.05) is 0 Å². The first-order valence-corrected chi connectivity index (χ1v) is 9.18. The average Bonchev–Trinajstić information content (AvgIpc) is 2.89. The van der Waals surface area contributed by atoms with Gasteiger partial charge in [-0.15, -0.1) is 0 Å². The lowest BCUT2D eigenvalue weighted by molar-refractivity contribution is 0.0162. The molecule has 3 unspecified atom stereocenters. The Morgan fingerprint density at radius 2 is 2.00 bits per heavy atom. The molecule has 0 spiro atoms. The molecule has 1 saturated carbocycles. The van der Waals surface area contributed by atoms with Gasteiger partial charge in [-0.1, -0.05) is 33.6 Å². The van der Waals surface area contributed by atoms with Gasteiger partial charge in [0, 0.05) is 25.2 Å². The van der Waals surface area contributed by atoms with Crippen molar-refractivity contribution in [3.8, 4) is 0 Å². The van der Waals surface area contributed by atoms with Crippen LogP contribution in [0.4, 0.5) is 0 Å². The van der Waals surface area contributed by atoms with Gasteiger partial charge in [0.05, 0.1) is 6.10 Å². The normalized spacial score (nSPS) is 34.6. The highest BCUT2D eigenvalue weighted by Crippen LogP contribution is 2.37. The number of hydrogen-bond donors (Lipinski definition) is 1. The molecule has 124 valence electrons. The quantitative estimate of drug-likeness (QED) is 0.763. The zero-order valence-electron chi connectivity index (χ0n) is 14.4. The van der Waals surface area contributed by atoms with E-state index in [0.29, 0.717) is 6.10 Å². The van der Waals surface area contributed by atoms with Gasteiger partial charge in [0.15, 0.2) is 0 Å². The van der Waals surface area contributed by atoms with Crippen LogP contribution >= 0.6 is 0 Å². The number of hydrogen-bond acceptors (Lipinski definition) is 3. The molecule has 0 bridgehead atoms. The van der Waals surface area contributed by atoms with E-state index < -0.39 is 0 Å². The molecule has 1 aliphatic carbocycles. The minimum Gasteiger partial charge on any atom is -0.377 e. The fourth-order valence-electron chi connectivity index (χ4n) is 4.43. The summed E-state index contributed by atoms with van der Waals surface area (Å²) in [5, 5.41) is 0. The predicted molar refractivity (Wildman–Crippen MR) is 89.4 cm³/mol. The van der Waals surface area contributed by atoms with Crippen molar-refractivity contribution in [2.24, 2.45) is 17.6 Å². The Labute approximate surface area is 131 Å². The molecule has 0 aromatic heterocycles. The molecular weight excluding hydrogens is 260 g/mol. The van der Waals surface area contributed by atoms with Gasteiger partial charge >= 0.3 is 0 Å².